The van der Waals surface area contributed by atoms with Crippen LogP contribution in [0.2, 0.25) is 0 Å². The van der Waals surface area contributed by atoms with Crippen LogP contribution in [0.15, 0.2) is 23.3 Å². The van der Waals surface area contributed by atoms with E-state index in [0.717, 1.165) is 5.56 Å². The van der Waals surface area contributed by atoms with Crippen molar-refractivity contribution in [3.63, 3.8) is 0 Å². The molecule has 80 valence electrons. The van der Waals surface area contributed by atoms with Crippen molar-refractivity contribution in [1.29, 1.82) is 0 Å². The van der Waals surface area contributed by atoms with E-state index in [2.05, 4.69) is 10.0 Å². The molecule has 1 aromatic rings. The molecule has 15 heavy (non-hydrogen) atoms. The summed E-state index contributed by atoms with van der Waals surface area (Å²) in [6.45, 7) is 1.81. The minimum Gasteiger partial charge on any atom is -0.497 e. The molecule has 0 aliphatic rings. The summed E-state index contributed by atoms with van der Waals surface area (Å²) in [6, 6.07) is 5.15. The van der Waals surface area contributed by atoms with Crippen LogP contribution in [-0.2, 0) is 0 Å². The lowest BCUT2D eigenvalue weighted by Crippen LogP contribution is -1.95. The lowest BCUT2D eigenvalue weighted by atomic mass is 10.1. The maximum absolute atomic E-state index is 8.36. The van der Waals surface area contributed by atoms with Gasteiger partial charge in [-0.3, -0.25) is 0 Å². The number of benzene rings is 1. The van der Waals surface area contributed by atoms with Crippen LogP contribution >= 0.6 is 0 Å². The topological polar surface area (TPSA) is 67.2 Å². The Bertz CT molecular complexity index is 386. The van der Waals surface area contributed by atoms with Gasteiger partial charge in [0.2, 0.25) is 0 Å². The van der Waals surface area contributed by atoms with Crippen LogP contribution in [-0.4, -0.2) is 14.2 Å². The van der Waals surface area contributed by atoms with Crippen LogP contribution in [0.25, 0.3) is 10.4 Å². The molecule has 1 atom stereocenters. The smallest absolute Gasteiger partial charge is 0.126 e. The van der Waals surface area contributed by atoms with Crippen molar-refractivity contribution >= 4 is 0 Å². The van der Waals surface area contributed by atoms with Gasteiger partial charge in [0.25, 0.3) is 0 Å². The van der Waals surface area contributed by atoms with Crippen LogP contribution in [0.3, 0.4) is 0 Å². The largest absolute Gasteiger partial charge is 0.497 e. The van der Waals surface area contributed by atoms with Crippen LogP contribution in [0.4, 0.5) is 0 Å². The van der Waals surface area contributed by atoms with Crippen molar-refractivity contribution in [2.24, 2.45) is 5.11 Å². The van der Waals surface area contributed by atoms with E-state index in [1.807, 2.05) is 13.0 Å². The van der Waals surface area contributed by atoms with E-state index in [0.29, 0.717) is 11.5 Å². The Morgan fingerprint density at radius 1 is 1.33 bits per heavy atom. The summed E-state index contributed by atoms with van der Waals surface area (Å²) >= 11 is 0. The van der Waals surface area contributed by atoms with Gasteiger partial charge in [-0.15, -0.1) is 0 Å². The zero-order valence-electron chi connectivity index (χ0n) is 8.97. The molecule has 5 nitrogen and oxygen atoms in total. The van der Waals surface area contributed by atoms with Gasteiger partial charge in [-0.2, -0.15) is 0 Å². The molecule has 1 rings (SSSR count). The van der Waals surface area contributed by atoms with Crippen LogP contribution in [0.5, 0.6) is 11.5 Å². The van der Waals surface area contributed by atoms with Crippen molar-refractivity contribution in [2.45, 2.75) is 13.0 Å². The molecule has 0 saturated heterocycles. The molecule has 1 aromatic carbocycles. The van der Waals surface area contributed by atoms with Gasteiger partial charge in [0.1, 0.15) is 11.5 Å². The van der Waals surface area contributed by atoms with Gasteiger partial charge in [-0.25, -0.2) is 0 Å². The van der Waals surface area contributed by atoms with E-state index in [1.165, 1.54) is 0 Å². The maximum Gasteiger partial charge on any atom is 0.126 e. The molecule has 0 aliphatic carbocycles. The highest BCUT2D eigenvalue weighted by Gasteiger charge is 2.10. The Kier molecular flexibility index (Phi) is 3.83. The predicted octanol–water partition coefficient (Wildman–Crippen LogP) is 3.08. The lowest BCUT2D eigenvalue weighted by Gasteiger charge is -2.12. The van der Waals surface area contributed by atoms with Gasteiger partial charge >= 0.3 is 0 Å². The first-order valence-corrected chi connectivity index (χ1v) is 4.49. The molecule has 0 N–H and O–H groups in total. The SMILES string of the molecule is COc1ccc(C(C)N=[N+]=[N-])c(OC)c1. The standard InChI is InChI=1S/C10H13N3O2/c1-7(12-13-11)9-5-4-8(14-2)6-10(9)15-3/h4-7H,1-3H3. The zero-order chi connectivity index (χ0) is 11.3. The summed E-state index contributed by atoms with van der Waals surface area (Å²) < 4.78 is 10.3. The average molecular weight is 207 g/mol. The molecule has 0 aliphatic heterocycles. The third kappa shape index (κ3) is 2.54. The predicted molar refractivity (Wildman–Crippen MR) is 57.1 cm³/mol. The molecule has 0 bridgehead atoms. The van der Waals surface area contributed by atoms with E-state index < -0.39 is 0 Å². The molecule has 0 amide bonds. The molecular formula is C10H13N3O2. The Morgan fingerprint density at radius 2 is 2.07 bits per heavy atom. The molecule has 0 radical (unpaired) electrons. The average Bonchev–Trinajstić information content (AvgIpc) is 2.28. The second-order valence-corrected chi connectivity index (χ2v) is 2.99. The van der Waals surface area contributed by atoms with Gasteiger partial charge in [-0.1, -0.05) is 18.1 Å². The number of hydrogen-bond donors (Lipinski definition) is 0. The van der Waals surface area contributed by atoms with E-state index in [9.17, 15) is 0 Å². The molecule has 0 spiro atoms. The first-order valence-electron chi connectivity index (χ1n) is 4.49. The van der Waals surface area contributed by atoms with Crippen molar-refractivity contribution in [1.82, 2.24) is 0 Å². The van der Waals surface area contributed by atoms with E-state index in [4.69, 9.17) is 15.0 Å². The van der Waals surface area contributed by atoms with Gasteiger partial charge < -0.3 is 9.47 Å². The third-order valence-corrected chi connectivity index (χ3v) is 2.12. The first kappa shape index (κ1) is 11.2. The number of methoxy groups -OCH3 is 2. The summed E-state index contributed by atoms with van der Waals surface area (Å²) in [5.41, 5.74) is 9.20. The highest BCUT2D eigenvalue weighted by Crippen LogP contribution is 2.30. The Labute approximate surface area is 88.3 Å². The highest BCUT2D eigenvalue weighted by molar-refractivity contribution is 5.42. The van der Waals surface area contributed by atoms with Gasteiger partial charge in [0.05, 0.1) is 20.3 Å². The number of azide groups is 1. The lowest BCUT2D eigenvalue weighted by molar-refractivity contribution is 0.389. The van der Waals surface area contributed by atoms with Crippen molar-refractivity contribution in [3.05, 3.63) is 34.2 Å². The molecule has 1 unspecified atom stereocenters. The van der Waals surface area contributed by atoms with Crippen molar-refractivity contribution in [2.75, 3.05) is 14.2 Å². The normalized spacial score (nSPS) is 11.4. The van der Waals surface area contributed by atoms with E-state index in [1.54, 1.807) is 26.4 Å². The summed E-state index contributed by atoms with van der Waals surface area (Å²) in [5, 5.41) is 3.62. The Balaban J connectivity index is 3.12. The molecular weight excluding hydrogens is 194 g/mol. The fourth-order valence-corrected chi connectivity index (χ4v) is 1.30. The molecule has 0 aromatic heterocycles. The Morgan fingerprint density at radius 3 is 2.60 bits per heavy atom. The van der Waals surface area contributed by atoms with Crippen LogP contribution in [0.1, 0.15) is 18.5 Å². The molecule has 0 saturated carbocycles. The second kappa shape index (κ2) is 5.12. The van der Waals surface area contributed by atoms with Crippen molar-refractivity contribution < 1.29 is 9.47 Å². The third-order valence-electron chi connectivity index (χ3n) is 2.12. The quantitative estimate of drug-likeness (QED) is 0.432. The maximum atomic E-state index is 8.36. The Hall–Kier alpha value is -1.87. The summed E-state index contributed by atoms with van der Waals surface area (Å²) in [7, 11) is 3.16. The fraction of sp³-hybridized carbons (Fsp3) is 0.400. The minimum atomic E-state index is -0.254. The highest BCUT2D eigenvalue weighted by atomic mass is 16.5. The minimum absolute atomic E-state index is 0.254. The molecule has 0 heterocycles. The van der Waals surface area contributed by atoms with Gasteiger partial charge in [0.15, 0.2) is 0 Å². The van der Waals surface area contributed by atoms with E-state index in [-0.39, 0.29) is 6.04 Å². The zero-order valence-corrected chi connectivity index (χ0v) is 8.97. The number of nitrogens with zero attached hydrogens (tertiary/aromatic N) is 3. The van der Waals surface area contributed by atoms with E-state index >= 15 is 0 Å². The fourth-order valence-electron chi connectivity index (χ4n) is 1.30. The number of rotatable bonds is 4. The summed E-state index contributed by atoms with van der Waals surface area (Å²) in [5.74, 6) is 1.37. The first-order chi connectivity index (χ1) is 7.22. The summed E-state index contributed by atoms with van der Waals surface area (Å²) in [4.78, 5) is 2.77. The van der Waals surface area contributed by atoms with Crippen molar-refractivity contribution in [3.8, 4) is 11.5 Å². The van der Waals surface area contributed by atoms with Gasteiger partial charge in [0, 0.05) is 16.5 Å². The monoisotopic (exact) mass is 207 g/mol. The second-order valence-electron chi connectivity index (χ2n) is 2.99. The number of ether oxygens (including phenoxy) is 2. The molecule has 5 heteroatoms. The molecule has 0 fully saturated rings. The van der Waals surface area contributed by atoms with Crippen LogP contribution < -0.4 is 9.47 Å². The van der Waals surface area contributed by atoms with Gasteiger partial charge in [-0.05, 0) is 11.6 Å². The van der Waals surface area contributed by atoms with Crippen LogP contribution in [0, 0.1) is 0 Å². The number of hydrogen-bond acceptors (Lipinski definition) is 3. The summed E-state index contributed by atoms with van der Waals surface area (Å²) in [6.07, 6.45) is 0.